The summed E-state index contributed by atoms with van der Waals surface area (Å²) < 4.78 is 0. The second-order valence-electron chi connectivity index (χ2n) is 2.49. The molecule has 0 saturated carbocycles. The zero-order valence-electron chi connectivity index (χ0n) is 8.26. The Hall–Kier alpha value is -1.58. The molecule has 0 saturated heterocycles. The van der Waals surface area contributed by atoms with Crippen LogP contribution in [0.3, 0.4) is 0 Å². The van der Waals surface area contributed by atoms with E-state index in [2.05, 4.69) is 10.3 Å². The van der Waals surface area contributed by atoms with Crippen LogP contribution in [0.25, 0.3) is 0 Å². The van der Waals surface area contributed by atoms with E-state index in [9.17, 15) is 0 Å². The lowest BCUT2D eigenvalue weighted by molar-refractivity contribution is 0.981. The molecule has 0 heterocycles. The predicted molar refractivity (Wildman–Crippen MR) is 57.0 cm³/mol. The molecule has 4 N–H and O–H groups in total. The summed E-state index contributed by atoms with van der Waals surface area (Å²) in [6.45, 7) is 3.76. The largest absolute Gasteiger partial charge is 0.405 e. The maximum Gasteiger partial charge on any atom is 0.107 e. The third-order valence-electron chi connectivity index (χ3n) is 1.69. The second kappa shape index (κ2) is 5.99. The molecule has 13 heavy (non-hydrogen) atoms. The Morgan fingerprint density at radius 1 is 1.46 bits per heavy atom. The molecular weight excluding hydrogens is 164 g/mol. The van der Waals surface area contributed by atoms with Gasteiger partial charge in [-0.15, -0.1) is 0 Å². The highest BCUT2D eigenvalue weighted by Crippen LogP contribution is 2.04. The van der Waals surface area contributed by atoms with E-state index in [1.54, 1.807) is 6.08 Å². The Labute approximate surface area is 78.8 Å². The summed E-state index contributed by atoms with van der Waals surface area (Å²) in [6, 6.07) is 0. The highest BCUT2D eigenvalue weighted by atomic mass is 14.8. The molecule has 0 unspecified atom stereocenters. The first-order valence-electron chi connectivity index (χ1n) is 3.98. The van der Waals surface area contributed by atoms with Crippen LogP contribution in [0.4, 0.5) is 0 Å². The SMILES string of the molecule is CN/C(C)=C(\C=C/N)C(/C)=N\C=N. The van der Waals surface area contributed by atoms with E-state index in [4.69, 9.17) is 11.1 Å². The first-order valence-corrected chi connectivity index (χ1v) is 3.98. The Kier molecular flexibility index (Phi) is 5.27. The van der Waals surface area contributed by atoms with Crippen LogP contribution in [0.1, 0.15) is 13.8 Å². The van der Waals surface area contributed by atoms with E-state index in [1.165, 1.54) is 6.20 Å². The lowest BCUT2D eigenvalue weighted by Crippen LogP contribution is -2.10. The molecule has 0 aromatic carbocycles. The topological polar surface area (TPSA) is 74.3 Å². The van der Waals surface area contributed by atoms with Crippen molar-refractivity contribution in [1.29, 1.82) is 5.41 Å². The first kappa shape index (κ1) is 11.4. The average molecular weight is 180 g/mol. The van der Waals surface area contributed by atoms with Gasteiger partial charge in [0, 0.05) is 24.0 Å². The number of aliphatic imine (C=N–C) groups is 1. The van der Waals surface area contributed by atoms with Crippen LogP contribution in [-0.4, -0.2) is 19.1 Å². The standard InChI is InChI=1S/C9H16N4/c1-7(12-3)9(4-5-10)8(2)13-6-11/h4-6,11-12H,10H2,1-3H3/b5-4-,9-7+,11-6?,13-8-. The number of hydrogen-bond donors (Lipinski definition) is 3. The molecule has 0 aliphatic rings. The number of rotatable bonds is 4. The summed E-state index contributed by atoms with van der Waals surface area (Å²) in [5, 5.41) is 9.85. The monoisotopic (exact) mass is 180 g/mol. The summed E-state index contributed by atoms with van der Waals surface area (Å²) in [4.78, 5) is 3.87. The van der Waals surface area contributed by atoms with Crippen LogP contribution >= 0.6 is 0 Å². The van der Waals surface area contributed by atoms with Gasteiger partial charge in [0.1, 0.15) is 6.34 Å². The Morgan fingerprint density at radius 3 is 2.46 bits per heavy atom. The quantitative estimate of drug-likeness (QED) is 0.343. The number of hydrogen-bond acceptors (Lipinski definition) is 3. The molecule has 0 amide bonds. The van der Waals surface area contributed by atoms with Gasteiger partial charge in [0.15, 0.2) is 0 Å². The number of nitrogens with two attached hydrogens (primary N) is 1. The van der Waals surface area contributed by atoms with Crippen molar-refractivity contribution >= 4 is 12.1 Å². The second-order valence-corrected chi connectivity index (χ2v) is 2.49. The number of nitrogens with one attached hydrogen (secondary N) is 2. The molecule has 0 bridgehead atoms. The zero-order chi connectivity index (χ0) is 10.3. The van der Waals surface area contributed by atoms with E-state index in [-0.39, 0.29) is 0 Å². The summed E-state index contributed by atoms with van der Waals surface area (Å²) in [7, 11) is 1.83. The molecule has 0 spiro atoms. The van der Waals surface area contributed by atoms with Crippen LogP contribution in [0.5, 0.6) is 0 Å². The van der Waals surface area contributed by atoms with Gasteiger partial charge in [-0.25, -0.2) is 4.99 Å². The van der Waals surface area contributed by atoms with E-state index in [1.807, 2.05) is 20.9 Å². The fraction of sp³-hybridized carbons (Fsp3) is 0.333. The summed E-state index contributed by atoms with van der Waals surface area (Å²) >= 11 is 0. The molecule has 0 radical (unpaired) electrons. The average Bonchev–Trinajstić information content (AvgIpc) is 2.13. The van der Waals surface area contributed by atoms with Crippen molar-refractivity contribution in [3.8, 4) is 0 Å². The Morgan fingerprint density at radius 2 is 2.08 bits per heavy atom. The normalized spacial score (nSPS) is 14.2. The Balaban J connectivity index is 5.03. The zero-order valence-corrected chi connectivity index (χ0v) is 8.26. The molecule has 0 fully saturated rings. The van der Waals surface area contributed by atoms with Crippen molar-refractivity contribution in [3.05, 3.63) is 23.5 Å². The first-order chi connectivity index (χ1) is 6.17. The highest BCUT2D eigenvalue weighted by molar-refractivity contribution is 6.04. The van der Waals surface area contributed by atoms with E-state index < -0.39 is 0 Å². The van der Waals surface area contributed by atoms with Gasteiger partial charge < -0.3 is 11.1 Å². The summed E-state index contributed by atoms with van der Waals surface area (Å²) in [5.74, 6) is 0. The lowest BCUT2D eigenvalue weighted by atomic mass is 10.1. The van der Waals surface area contributed by atoms with E-state index in [0.29, 0.717) is 0 Å². The minimum absolute atomic E-state index is 0.767. The van der Waals surface area contributed by atoms with Crippen molar-refractivity contribution in [2.45, 2.75) is 13.8 Å². The number of allylic oxidation sites excluding steroid dienone is 3. The third kappa shape index (κ3) is 3.55. The summed E-state index contributed by atoms with van der Waals surface area (Å²) in [5.41, 5.74) is 7.96. The van der Waals surface area contributed by atoms with Crippen LogP contribution in [0.2, 0.25) is 0 Å². The van der Waals surface area contributed by atoms with Crippen molar-refractivity contribution in [1.82, 2.24) is 5.32 Å². The van der Waals surface area contributed by atoms with Crippen LogP contribution < -0.4 is 11.1 Å². The Bertz CT molecular complexity index is 261. The fourth-order valence-electron chi connectivity index (χ4n) is 0.914. The van der Waals surface area contributed by atoms with Gasteiger partial charge in [-0.05, 0) is 26.1 Å². The lowest BCUT2D eigenvalue weighted by Gasteiger charge is -2.06. The van der Waals surface area contributed by atoms with Gasteiger partial charge in [0.05, 0.1) is 0 Å². The van der Waals surface area contributed by atoms with Crippen LogP contribution in [0, 0.1) is 5.41 Å². The number of nitrogens with zero attached hydrogens (tertiary/aromatic N) is 1. The molecule has 0 aromatic heterocycles. The molecule has 4 heteroatoms. The minimum Gasteiger partial charge on any atom is -0.405 e. The highest BCUT2D eigenvalue weighted by Gasteiger charge is 2.00. The van der Waals surface area contributed by atoms with Gasteiger partial charge in [-0.3, -0.25) is 5.41 Å². The molecule has 0 aliphatic heterocycles. The summed E-state index contributed by atoms with van der Waals surface area (Å²) in [6.07, 6.45) is 4.23. The van der Waals surface area contributed by atoms with E-state index in [0.717, 1.165) is 23.3 Å². The van der Waals surface area contributed by atoms with Gasteiger partial charge in [0.25, 0.3) is 0 Å². The maximum absolute atomic E-state index is 6.85. The molecule has 72 valence electrons. The third-order valence-corrected chi connectivity index (χ3v) is 1.69. The minimum atomic E-state index is 0.767. The van der Waals surface area contributed by atoms with Crippen LogP contribution in [-0.2, 0) is 0 Å². The van der Waals surface area contributed by atoms with Crippen molar-refractivity contribution in [3.63, 3.8) is 0 Å². The van der Waals surface area contributed by atoms with Crippen molar-refractivity contribution < 1.29 is 0 Å². The molecule has 0 atom stereocenters. The molecule has 4 nitrogen and oxygen atoms in total. The van der Waals surface area contributed by atoms with Crippen molar-refractivity contribution in [2.75, 3.05) is 7.05 Å². The smallest absolute Gasteiger partial charge is 0.107 e. The van der Waals surface area contributed by atoms with Gasteiger partial charge in [-0.1, -0.05) is 0 Å². The predicted octanol–water partition coefficient (Wildman–Crippen LogP) is 1.02. The van der Waals surface area contributed by atoms with Gasteiger partial charge in [0.2, 0.25) is 0 Å². The van der Waals surface area contributed by atoms with Gasteiger partial charge in [-0.2, -0.15) is 0 Å². The van der Waals surface area contributed by atoms with Crippen LogP contribution in [0.15, 0.2) is 28.5 Å². The molecule has 0 aliphatic carbocycles. The van der Waals surface area contributed by atoms with Crippen molar-refractivity contribution in [2.24, 2.45) is 10.7 Å². The molecule has 0 rings (SSSR count). The van der Waals surface area contributed by atoms with Gasteiger partial charge >= 0.3 is 0 Å². The fourth-order valence-corrected chi connectivity index (χ4v) is 0.914. The van der Waals surface area contributed by atoms with E-state index >= 15 is 0 Å². The molecular formula is C9H16N4. The molecule has 0 aromatic rings. The maximum atomic E-state index is 6.85.